The molecule has 0 spiro atoms. The minimum atomic E-state index is -0.189. The molecule has 1 aromatic carbocycles. The maximum absolute atomic E-state index is 11.4. The number of hydrogen-bond donors (Lipinski definition) is 1. The highest BCUT2D eigenvalue weighted by atomic mass is 79.9. The summed E-state index contributed by atoms with van der Waals surface area (Å²) in [5, 5.41) is 0. The molecule has 112 valence electrons. The number of ether oxygens (including phenoxy) is 1. The Kier molecular flexibility index (Phi) is 5.78. The minimum Gasteiger partial charge on any atom is -0.469 e. The van der Waals surface area contributed by atoms with E-state index in [9.17, 15) is 4.79 Å². The van der Waals surface area contributed by atoms with Crippen LogP contribution in [-0.2, 0) is 9.53 Å². The third kappa shape index (κ3) is 4.60. The Balaban J connectivity index is 2.88. The number of rotatable bonds is 5. The first-order valence-electron chi connectivity index (χ1n) is 6.75. The van der Waals surface area contributed by atoms with Gasteiger partial charge in [0.1, 0.15) is 0 Å². The van der Waals surface area contributed by atoms with Crippen LogP contribution < -0.4 is 5.73 Å². The lowest BCUT2D eigenvalue weighted by Gasteiger charge is -2.28. The Hall–Kier alpha value is -0.870. The molecule has 0 saturated heterocycles. The average Bonchev–Trinajstić information content (AvgIpc) is 2.32. The molecule has 1 aromatic rings. The van der Waals surface area contributed by atoms with Crippen molar-refractivity contribution in [1.82, 2.24) is 0 Å². The van der Waals surface area contributed by atoms with Crippen molar-refractivity contribution in [2.24, 2.45) is 11.1 Å². The zero-order valence-corrected chi connectivity index (χ0v) is 14.5. The highest BCUT2D eigenvalue weighted by Crippen LogP contribution is 2.34. The SMILES string of the molecule is COC(=O)CC(C)(C)CC(N)c1cc(C)c(Br)cc1C. The van der Waals surface area contributed by atoms with Crippen LogP contribution in [0.1, 0.15) is 49.4 Å². The standard InChI is InChI=1S/C16H24BrNO2/c1-10-7-13(17)11(2)6-12(10)14(18)8-16(3,4)9-15(19)20-5/h6-7,14H,8-9,18H2,1-5H3. The number of aryl methyl sites for hydroxylation is 2. The first-order valence-corrected chi connectivity index (χ1v) is 7.54. The largest absolute Gasteiger partial charge is 0.469 e. The predicted molar refractivity (Wildman–Crippen MR) is 85.6 cm³/mol. The van der Waals surface area contributed by atoms with E-state index in [2.05, 4.69) is 41.9 Å². The van der Waals surface area contributed by atoms with Crippen LogP contribution in [0.5, 0.6) is 0 Å². The molecule has 0 aliphatic heterocycles. The molecule has 0 aliphatic rings. The molecule has 1 unspecified atom stereocenters. The lowest BCUT2D eigenvalue weighted by Crippen LogP contribution is -2.25. The van der Waals surface area contributed by atoms with Crippen LogP contribution >= 0.6 is 15.9 Å². The molecule has 0 bridgehead atoms. The van der Waals surface area contributed by atoms with Gasteiger partial charge in [0, 0.05) is 10.5 Å². The topological polar surface area (TPSA) is 52.3 Å². The van der Waals surface area contributed by atoms with Crippen LogP contribution in [0.4, 0.5) is 0 Å². The molecule has 0 saturated carbocycles. The van der Waals surface area contributed by atoms with E-state index in [1.54, 1.807) is 0 Å². The second-order valence-electron chi connectivity index (χ2n) is 6.19. The molecule has 20 heavy (non-hydrogen) atoms. The molecule has 0 heterocycles. The predicted octanol–water partition coefficient (Wildman–Crippen LogP) is 4.05. The van der Waals surface area contributed by atoms with Gasteiger partial charge in [0.05, 0.1) is 13.5 Å². The molecule has 1 atom stereocenters. The van der Waals surface area contributed by atoms with Gasteiger partial charge < -0.3 is 10.5 Å². The summed E-state index contributed by atoms with van der Waals surface area (Å²) in [6, 6.07) is 4.14. The first kappa shape index (κ1) is 17.2. The summed E-state index contributed by atoms with van der Waals surface area (Å²) in [6.45, 7) is 8.21. The quantitative estimate of drug-likeness (QED) is 0.822. The van der Waals surface area contributed by atoms with Crippen LogP contribution in [0.25, 0.3) is 0 Å². The van der Waals surface area contributed by atoms with Crippen molar-refractivity contribution in [3.8, 4) is 0 Å². The zero-order valence-electron chi connectivity index (χ0n) is 12.9. The summed E-state index contributed by atoms with van der Waals surface area (Å²) in [6.07, 6.45) is 1.12. The minimum absolute atomic E-state index is 0.0820. The van der Waals surface area contributed by atoms with Crippen LogP contribution in [0.3, 0.4) is 0 Å². The smallest absolute Gasteiger partial charge is 0.306 e. The lowest BCUT2D eigenvalue weighted by atomic mass is 9.80. The van der Waals surface area contributed by atoms with Crippen LogP contribution in [0.15, 0.2) is 16.6 Å². The van der Waals surface area contributed by atoms with Crippen molar-refractivity contribution in [2.45, 2.75) is 46.6 Å². The number of methoxy groups -OCH3 is 1. The Morgan fingerprint density at radius 3 is 2.50 bits per heavy atom. The lowest BCUT2D eigenvalue weighted by molar-refractivity contribution is -0.143. The van der Waals surface area contributed by atoms with Crippen molar-refractivity contribution in [3.63, 3.8) is 0 Å². The fourth-order valence-electron chi connectivity index (χ4n) is 2.44. The van der Waals surface area contributed by atoms with Gasteiger partial charge in [-0.05, 0) is 48.4 Å². The zero-order chi connectivity index (χ0) is 15.5. The summed E-state index contributed by atoms with van der Waals surface area (Å²) < 4.78 is 5.84. The van der Waals surface area contributed by atoms with Gasteiger partial charge >= 0.3 is 5.97 Å². The van der Waals surface area contributed by atoms with Crippen LogP contribution in [-0.4, -0.2) is 13.1 Å². The van der Waals surface area contributed by atoms with Gasteiger partial charge in [-0.15, -0.1) is 0 Å². The molecule has 0 amide bonds. The number of esters is 1. The van der Waals surface area contributed by atoms with E-state index < -0.39 is 0 Å². The second kappa shape index (κ2) is 6.72. The molecular weight excluding hydrogens is 318 g/mol. The van der Waals surface area contributed by atoms with E-state index in [4.69, 9.17) is 10.5 Å². The van der Waals surface area contributed by atoms with Crippen molar-refractivity contribution in [1.29, 1.82) is 0 Å². The van der Waals surface area contributed by atoms with Gasteiger partial charge in [0.2, 0.25) is 0 Å². The number of carbonyl (C=O) groups is 1. The molecule has 0 aliphatic carbocycles. The van der Waals surface area contributed by atoms with E-state index in [-0.39, 0.29) is 17.4 Å². The van der Waals surface area contributed by atoms with E-state index in [1.165, 1.54) is 18.2 Å². The fourth-order valence-corrected chi connectivity index (χ4v) is 2.90. The first-order chi connectivity index (χ1) is 9.16. The Morgan fingerprint density at radius 2 is 1.95 bits per heavy atom. The normalized spacial score (nSPS) is 13.2. The average molecular weight is 342 g/mol. The van der Waals surface area contributed by atoms with Gasteiger partial charge in [-0.1, -0.05) is 35.8 Å². The molecular formula is C16H24BrNO2. The number of carbonyl (C=O) groups excluding carboxylic acids is 1. The number of nitrogens with two attached hydrogens (primary N) is 1. The summed E-state index contributed by atoms with van der Waals surface area (Å²) in [7, 11) is 1.42. The van der Waals surface area contributed by atoms with Gasteiger partial charge in [-0.2, -0.15) is 0 Å². The third-order valence-corrected chi connectivity index (χ3v) is 4.42. The van der Waals surface area contributed by atoms with Gasteiger partial charge in [-0.25, -0.2) is 0 Å². The summed E-state index contributed by atoms with van der Waals surface area (Å²) in [5.74, 6) is -0.189. The van der Waals surface area contributed by atoms with E-state index in [1.807, 2.05) is 13.8 Å². The Labute approximate surface area is 130 Å². The highest BCUT2D eigenvalue weighted by Gasteiger charge is 2.26. The van der Waals surface area contributed by atoms with Crippen molar-refractivity contribution < 1.29 is 9.53 Å². The van der Waals surface area contributed by atoms with E-state index in [0.29, 0.717) is 6.42 Å². The number of benzene rings is 1. The van der Waals surface area contributed by atoms with Crippen LogP contribution in [0.2, 0.25) is 0 Å². The van der Waals surface area contributed by atoms with Gasteiger partial charge in [0.15, 0.2) is 0 Å². The van der Waals surface area contributed by atoms with Crippen molar-refractivity contribution in [3.05, 3.63) is 33.3 Å². The summed E-state index contributed by atoms with van der Waals surface area (Å²) in [5.41, 5.74) is 9.66. The molecule has 0 radical (unpaired) electrons. The number of hydrogen-bond acceptors (Lipinski definition) is 3. The maximum Gasteiger partial charge on any atom is 0.306 e. The molecule has 0 aromatic heterocycles. The fraction of sp³-hybridized carbons (Fsp3) is 0.562. The van der Waals surface area contributed by atoms with E-state index >= 15 is 0 Å². The maximum atomic E-state index is 11.4. The Morgan fingerprint density at radius 1 is 1.35 bits per heavy atom. The molecule has 1 rings (SSSR count). The van der Waals surface area contributed by atoms with Gasteiger partial charge in [-0.3, -0.25) is 4.79 Å². The van der Waals surface area contributed by atoms with Gasteiger partial charge in [0.25, 0.3) is 0 Å². The Bertz CT molecular complexity index is 497. The second-order valence-corrected chi connectivity index (χ2v) is 7.04. The summed E-state index contributed by atoms with van der Waals surface area (Å²) >= 11 is 3.53. The van der Waals surface area contributed by atoms with Crippen molar-refractivity contribution in [2.75, 3.05) is 7.11 Å². The number of halogens is 1. The molecule has 3 nitrogen and oxygen atoms in total. The van der Waals surface area contributed by atoms with E-state index in [0.717, 1.165) is 16.5 Å². The van der Waals surface area contributed by atoms with Crippen molar-refractivity contribution >= 4 is 21.9 Å². The summed E-state index contributed by atoms with van der Waals surface area (Å²) in [4.78, 5) is 11.4. The third-order valence-electron chi connectivity index (χ3n) is 3.57. The molecule has 2 N–H and O–H groups in total. The highest BCUT2D eigenvalue weighted by molar-refractivity contribution is 9.10. The molecule has 0 fully saturated rings. The molecule has 4 heteroatoms. The monoisotopic (exact) mass is 341 g/mol. The van der Waals surface area contributed by atoms with Crippen LogP contribution in [0, 0.1) is 19.3 Å².